The van der Waals surface area contributed by atoms with Crippen molar-refractivity contribution in [1.82, 2.24) is 0 Å². The van der Waals surface area contributed by atoms with Gasteiger partial charge in [-0.1, -0.05) is 55.6 Å². The fourth-order valence-corrected chi connectivity index (χ4v) is 1.02. The molecule has 0 unspecified atom stereocenters. The monoisotopic (exact) mass is 160 g/mol. The van der Waals surface area contributed by atoms with E-state index in [1.807, 2.05) is 30.3 Å². The molecule has 0 fully saturated rings. The van der Waals surface area contributed by atoms with Crippen molar-refractivity contribution in [2.24, 2.45) is 0 Å². The van der Waals surface area contributed by atoms with Crippen molar-refractivity contribution in [3.8, 4) is 0 Å². The highest BCUT2D eigenvalue weighted by atomic mass is 16.3. The van der Waals surface area contributed by atoms with Crippen molar-refractivity contribution in [2.45, 2.75) is 5.60 Å². The first-order valence-electron chi connectivity index (χ1n) is 3.78. The number of rotatable bonds is 3. The van der Waals surface area contributed by atoms with Crippen LogP contribution in [-0.2, 0) is 5.60 Å². The third kappa shape index (κ3) is 1.46. The molecule has 0 aromatic heterocycles. The minimum atomic E-state index is -1.10. The largest absolute Gasteiger partial charge is 0.377 e. The van der Waals surface area contributed by atoms with Crippen LogP contribution in [0.25, 0.3) is 0 Å². The molecular formula is C11H12O. The van der Waals surface area contributed by atoms with Crippen molar-refractivity contribution in [3.63, 3.8) is 0 Å². The molecule has 12 heavy (non-hydrogen) atoms. The zero-order valence-electron chi connectivity index (χ0n) is 6.90. The summed E-state index contributed by atoms with van der Waals surface area (Å²) in [5.41, 5.74) is -0.309. The number of aliphatic hydroxyl groups is 1. The van der Waals surface area contributed by atoms with Gasteiger partial charge in [-0.05, 0) is 5.56 Å². The fraction of sp³-hybridized carbons (Fsp3) is 0.0909. The van der Waals surface area contributed by atoms with Crippen LogP contribution in [0, 0.1) is 0 Å². The van der Waals surface area contributed by atoms with Gasteiger partial charge in [-0.25, -0.2) is 0 Å². The third-order valence-corrected chi connectivity index (χ3v) is 1.86. The summed E-state index contributed by atoms with van der Waals surface area (Å²) >= 11 is 0. The maximum Gasteiger partial charge on any atom is 0.126 e. The third-order valence-electron chi connectivity index (χ3n) is 1.86. The lowest BCUT2D eigenvalue weighted by atomic mass is 9.94. The Kier molecular flexibility index (Phi) is 2.46. The Hall–Kier alpha value is -1.34. The lowest BCUT2D eigenvalue weighted by Crippen LogP contribution is -2.18. The summed E-state index contributed by atoms with van der Waals surface area (Å²) < 4.78 is 0. The van der Waals surface area contributed by atoms with Gasteiger partial charge in [0, 0.05) is 0 Å². The highest BCUT2D eigenvalue weighted by molar-refractivity contribution is 5.31. The summed E-state index contributed by atoms with van der Waals surface area (Å²) in [4.78, 5) is 0. The van der Waals surface area contributed by atoms with Crippen molar-refractivity contribution in [1.29, 1.82) is 0 Å². The summed E-state index contributed by atoms with van der Waals surface area (Å²) in [6, 6.07) is 9.31. The topological polar surface area (TPSA) is 20.2 Å². The van der Waals surface area contributed by atoms with E-state index in [4.69, 9.17) is 0 Å². The van der Waals surface area contributed by atoms with Crippen molar-refractivity contribution >= 4 is 0 Å². The molecule has 1 aromatic rings. The van der Waals surface area contributed by atoms with Gasteiger partial charge in [0.1, 0.15) is 5.60 Å². The van der Waals surface area contributed by atoms with Gasteiger partial charge < -0.3 is 5.11 Å². The average molecular weight is 160 g/mol. The predicted molar refractivity (Wildman–Crippen MR) is 50.7 cm³/mol. The summed E-state index contributed by atoms with van der Waals surface area (Å²) in [7, 11) is 0. The highest BCUT2D eigenvalue weighted by Gasteiger charge is 2.19. The minimum Gasteiger partial charge on any atom is -0.377 e. The molecule has 0 heterocycles. The minimum absolute atomic E-state index is 0.787. The quantitative estimate of drug-likeness (QED) is 0.672. The Morgan fingerprint density at radius 2 is 1.58 bits per heavy atom. The Bertz CT molecular complexity index is 266. The van der Waals surface area contributed by atoms with Gasteiger partial charge in [-0.15, -0.1) is 0 Å². The van der Waals surface area contributed by atoms with Crippen LogP contribution in [0.15, 0.2) is 55.6 Å². The summed E-state index contributed by atoms with van der Waals surface area (Å²) in [5, 5.41) is 9.86. The van der Waals surface area contributed by atoms with Gasteiger partial charge in [-0.2, -0.15) is 0 Å². The zero-order chi connectivity index (χ0) is 9.03. The Balaban J connectivity index is 3.11. The van der Waals surface area contributed by atoms with Crippen LogP contribution in [0.1, 0.15) is 5.56 Å². The van der Waals surface area contributed by atoms with Gasteiger partial charge in [0.15, 0.2) is 0 Å². The summed E-state index contributed by atoms with van der Waals surface area (Å²) in [6.07, 6.45) is 2.94. The SMILES string of the molecule is C=CC(O)(C=C)c1ccccc1. The second kappa shape index (κ2) is 3.37. The van der Waals surface area contributed by atoms with Crippen LogP contribution in [-0.4, -0.2) is 5.11 Å². The van der Waals surface area contributed by atoms with E-state index in [-0.39, 0.29) is 0 Å². The van der Waals surface area contributed by atoms with E-state index in [1.54, 1.807) is 0 Å². The fourth-order valence-electron chi connectivity index (χ4n) is 1.02. The Morgan fingerprint density at radius 3 is 2.00 bits per heavy atom. The molecule has 0 saturated carbocycles. The molecule has 0 spiro atoms. The molecule has 0 radical (unpaired) electrons. The molecule has 0 aliphatic carbocycles. The van der Waals surface area contributed by atoms with Gasteiger partial charge in [0.05, 0.1) is 0 Å². The molecule has 1 heteroatoms. The van der Waals surface area contributed by atoms with Crippen LogP contribution in [0.2, 0.25) is 0 Å². The molecule has 0 atom stereocenters. The van der Waals surface area contributed by atoms with E-state index >= 15 is 0 Å². The first-order valence-corrected chi connectivity index (χ1v) is 3.78. The molecule has 0 bridgehead atoms. The number of hydrogen-bond donors (Lipinski definition) is 1. The standard InChI is InChI=1S/C11H12O/c1-3-11(12,4-2)10-8-6-5-7-9-10/h3-9,12H,1-2H2. The molecule has 1 rings (SSSR count). The van der Waals surface area contributed by atoms with Crippen molar-refractivity contribution < 1.29 is 5.11 Å². The molecule has 1 aromatic carbocycles. The normalized spacial score (nSPS) is 10.8. The van der Waals surface area contributed by atoms with E-state index in [2.05, 4.69) is 13.2 Å². The van der Waals surface area contributed by atoms with Gasteiger partial charge >= 0.3 is 0 Å². The van der Waals surface area contributed by atoms with Crippen LogP contribution < -0.4 is 0 Å². The molecule has 0 aliphatic rings. The summed E-state index contributed by atoms with van der Waals surface area (Å²) in [5.74, 6) is 0. The molecule has 0 amide bonds. The number of hydrogen-bond acceptors (Lipinski definition) is 1. The van der Waals surface area contributed by atoms with Gasteiger partial charge in [-0.3, -0.25) is 0 Å². The van der Waals surface area contributed by atoms with Crippen LogP contribution in [0.3, 0.4) is 0 Å². The lowest BCUT2D eigenvalue weighted by molar-refractivity contribution is 0.144. The van der Waals surface area contributed by atoms with E-state index < -0.39 is 5.60 Å². The molecule has 1 N–H and O–H groups in total. The van der Waals surface area contributed by atoms with E-state index in [0.717, 1.165) is 5.56 Å². The number of benzene rings is 1. The Morgan fingerprint density at radius 1 is 1.08 bits per heavy atom. The Labute approximate surface area is 72.7 Å². The smallest absolute Gasteiger partial charge is 0.126 e. The molecule has 1 nitrogen and oxygen atoms in total. The maximum absolute atomic E-state index is 9.86. The predicted octanol–water partition coefficient (Wildman–Crippen LogP) is 2.25. The van der Waals surface area contributed by atoms with E-state index in [0.29, 0.717) is 0 Å². The van der Waals surface area contributed by atoms with E-state index in [9.17, 15) is 5.11 Å². The van der Waals surface area contributed by atoms with Gasteiger partial charge in [0.2, 0.25) is 0 Å². The second-order valence-corrected chi connectivity index (χ2v) is 2.60. The average Bonchev–Trinajstić information content (AvgIpc) is 2.18. The molecule has 0 aliphatic heterocycles. The molecule has 62 valence electrons. The van der Waals surface area contributed by atoms with Crippen LogP contribution in [0.5, 0.6) is 0 Å². The first-order chi connectivity index (χ1) is 5.73. The second-order valence-electron chi connectivity index (χ2n) is 2.60. The van der Waals surface area contributed by atoms with Crippen molar-refractivity contribution in [3.05, 3.63) is 61.2 Å². The highest BCUT2D eigenvalue weighted by Crippen LogP contribution is 2.22. The zero-order valence-corrected chi connectivity index (χ0v) is 6.90. The summed E-state index contributed by atoms with van der Waals surface area (Å²) in [6.45, 7) is 7.12. The first kappa shape index (κ1) is 8.75. The van der Waals surface area contributed by atoms with Crippen molar-refractivity contribution in [2.75, 3.05) is 0 Å². The lowest BCUT2D eigenvalue weighted by Gasteiger charge is -2.19. The van der Waals surface area contributed by atoms with Crippen LogP contribution >= 0.6 is 0 Å². The molecule has 0 saturated heterocycles. The maximum atomic E-state index is 9.86. The van der Waals surface area contributed by atoms with E-state index in [1.165, 1.54) is 12.2 Å². The van der Waals surface area contributed by atoms with Gasteiger partial charge in [0.25, 0.3) is 0 Å². The van der Waals surface area contributed by atoms with Crippen LogP contribution in [0.4, 0.5) is 0 Å². The molecular weight excluding hydrogens is 148 g/mol.